The number of rotatable bonds is 24. The Kier molecular flexibility index (Phi) is 16.4. The first kappa shape index (κ1) is 45.8. The van der Waals surface area contributed by atoms with Crippen LogP contribution in [0.15, 0.2) is 36.4 Å². The predicted octanol–water partition coefficient (Wildman–Crippen LogP) is 10.0. The molecular formula is C40H66F4O7Si4. The highest BCUT2D eigenvalue weighted by Crippen LogP contribution is 2.44. The van der Waals surface area contributed by atoms with Gasteiger partial charge in [0.1, 0.15) is 0 Å². The maximum atomic E-state index is 13.5. The molecule has 0 saturated heterocycles. The number of benzene rings is 2. The third kappa shape index (κ3) is 11.6. The van der Waals surface area contributed by atoms with Gasteiger partial charge in [0.15, 0.2) is 39.6 Å². The summed E-state index contributed by atoms with van der Waals surface area (Å²) < 4.78 is 98.2. The second-order valence-electron chi connectivity index (χ2n) is 17.2. The van der Waals surface area contributed by atoms with E-state index >= 15 is 0 Å². The van der Waals surface area contributed by atoms with Gasteiger partial charge < -0.3 is 31.9 Å². The minimum atomic E-state index is -3.00. The normalized spacial score (nSPS) is 16.7. The van der Waals surface area contributed by atoms with Crippen LogP contribution in [0.4, 0.5) is 17.6 Å². The molecule has 2 aliphatic carbocycles. The van der Waals surface area contributed by atoms with Gasteiger partial charge >= 0.3 is 13.2 Å². The third-order valence-corrected chi connectivity index (χ3v) is 30.1. The van der Waals surface area contributed by atoms with Gasteiger partial charge in [0.2, 0.25) is 18.1 Å². The molecule has 15 heteroatoms. The Morgan fingerprint density at radius 3 is 1.07 bits per heavy atom. The molecule has 312 valence electrons. The minimum absolute atomic E-state index is 0.00946. The Labute approximate surface area is 332 Å². The molecule has 55 heavy (non-hydrogen) atoms. The van der Waals surface area contributed by atoms with E-state index in [9.17, 15) is 17.6 Å². The number of halogens is 4. The van der Waals surface area contributed by atoms with E-state index in [0.29, 0.717) is 45.7 Å². The maximum Gasteiger partial charge on any atom is 0.387 e. The summed E-state index contributed by atoms with van der Waals surface area (Å²) in [7, 11) is -9.91. The van der Waals surface area contributed by atoms with Crippen LogP contribution in [0.1, 0.15) is 109 Å². The summed E-state index contributed by atoms with van der Waals surface area (Å²) in [6.07, 6.45) is 4.01. The van der Waals surface area contributed by atoms with Gasteiger partial charge in [-0.05, 0) is 93.6 Å². The minimum Gasteiger partial charge on any atom is -0.487 e. The zero-order chi connectivity index (χ0) is 40.8. The fraction of sp³-hybridized carbons (Fsp3) is 0.700. The van der Waals surface area contributed by atoms with Crippen molar-refractivity contribution in [2.24, 2.45) is 0 Å². The van der Waals surface area contributed by atoms with Crippen molar-refractivity contribution >= 4 is 45.1 Å². The molecule has 2 unspecified atom stereocenters. The average molecular weight is 847 g/mol. The predicted molar refractivity (Wildman–Crippen MR) is 222 cm³/mol. The zero-order valence-corrected chi connectivity index (χ0v) is 39.3. The highest BCUT2D eigenvalue weighted by molar-refractivity contribution is 6.83. The van der Waals surface area contributed by atoms with Crippen LogP contribution in [0.5, 0.6) is 23.0 Å². The van der Waals surface area contributed by atoms with E-state index in [1.165, 1.54) is 0 Å². The maximum absolute atomic E-state index is 13.5. The smallest absolute Gasteiger partial charge is 0.387 e. The lowest BCUT2D eigenvalue weighted by molar-refractivity contribution is -0.0522. The fourth-order valence-corrected chi connectivity index (χ4v) is 27.5. The Bertz CT molecular complexity index is 1350. The molecule has 0 N–H and O–H groups in total. The third-order valence-electron chi connectivity index (χ3n) is 11.5. The molecule has 2 aromatic rings. The van der Waals surface area contributed by atoms with Gasteiger partial charge in [0, 0.05) is 0 Å². The van der Waals surface area contributed by atoms with Crippen LogP contribution >= 0.6 is 0 Å². The quantitative estimate of drug-likeness (QED) is 0.0770. The highest BCUT2D eigenvalue weighted by Gasteiger charge is 2.47. The first-order valence-electron chi connectivity index (χ1n) is 20.3. The van der Waals surface area contributed by atoms with Gasteiger partial charge in [0.05, 0.1) is 24.7 Å². The summed E-state index contributed by atoms with van der Waals surface area (Å²) in [5.41, 5.74) is 1.96. The van der Waals surface area contributed by atoms with Gasteiger partial charge in [0.25, 0.3) is 0 Å². The van der Waals surface area contributed by atoms with Gasteiger partial charge in [-0.2, -0.15) is 17.6 Å². The monoisotopic (exact) mass is 846 g/mol. The molecule has 0 radical (unpaired) electrons. The molecule has 0 aromatic heterocycles. The lowest BCUT2D eigenvalue weighted by Gasteiger charge is -2.44. The van der Waals surface area contributed by atoms with E-state index in [2.05, 4.69) is 83.1 Å². The SMILES string of the molecule is CC(C)[Si](OC[SiH](O[SiH](CO[Si](C(C)C)(C(C)C)C(C)C)c1ccc(OC(F)F)c(OC2CC2)c1)c1ccc(OC(F)F)c(OC2CC2)c1)(C(C)C)C(C)C. The molecule has 2 atom stereocenters. The van der Waals surface area contributed by atoms with Gasteiger partial charge in [-0.1, -0.05) is 95.2 Å². The molecule has 2 aromatic carbocycles. The number of ether oxygens (including phenoxy) is 4. The lowest BCUT2D eigenvalue weighted by Crippen LogP contribution is -2.56. The summed E-state index contributed by atoms with van der Waals surface area (Å²) in [4.78, 5) is 0. The van der Waals surface area contributed by atoms with Crippen molar-refractivity contribution in [2.75, 3.05) is 12.5 Å². The first-order valence-corrected chi connectivity index (χ1v) is 28.3. The Morgan fingerprint density at radius 2 is 0.818 bits per heavy atom. The molecule has 2 aliphatic rings. The average Bonchev–Trinajstić information content (AvgIpc) is 4.02. The van der Waals surface area contributed by atoms with E-state index in [4.69, 9.17) is 31.9 Å². The second kappa shape index (κ2) is 19.7. The Morgan fingerprint density at radius 1 is 0.509 bits per heavy atom. The van der Waals surface area contributed by atoms with Crippen LogP contribution in [-0.2, 0) is 13.0 Å². The van der Waals surface area contributed by atoms with Crippen molar-refractivity contribution < 1.29 is 49.5 Å². The summed E-state index contributed by atoms with van der Waals surface area (Å²) in [6.45, 7) is 20.9. The topological polar surface area (TPSA) is 64.6 Å². The van der Waals surface area contributed by atoms with Crippen LogP contribution in [0, 0.1) is 0 Å². The van der Waals surface area contributed by atoms with Crippen molar-refractivity contribution in [3.63, 3.8) is 0 Å². The molecule has 0 heterocycles. The number of hydrogen-bond donors (Lipinski definition) is 0. The Hall–Kier alpha value is -1.89. The highest BCUT2D eigenvalue weighted by atomic mass is 28.4. The van der Waals surface area contributed by atoms with E-state index in [0.717, 1.165) is 36.1 Å². The van der Waals surface area contributed by atoms with E-state index in [1.54, 1.807) is 12.1 Å². The van der Waals surface area contributed by atoms with Crippen LogP contribution in [-0.4, -0.2) is 72.6 Å². The van der Waals surface area contributed by atoms with Crippen molar-refractivity contribution in [2.45, 2.75) is 167 Å². The van der Waals surface area contributed by atoms with Crippen LogP contribution in [0.3, 0.4) is 0 Å². The second-order valence-corrected chi connectivity index (χ2v) is 33.1. The molecular weight excluding hydrogens is 781 g/mol. The van der Waals surface area contributed by atoms with Crippen molar-refractivity contribution in [3.05, 3.63) is 36.4 Å². The fourth-order valence-electron chi connectivity index (χ4n) is 8.82. The van der Waals surface area contributed by atoms with Crippen LogP contribution in [0.25, 0.3) is 0 Å². The van der Waals surface area contributed by atoms with E-state index in [1.807, 2.05) is 24.3 Å². The molecule has 0 spiro atoms. The van der Waals surface area contributed by atoms with Gasteiger partial charge in [-0.25, -0.2) is 0 Å². The molecule has 0 bridgehead atoms. The van der Waals surface area contributed by atoms with Crippen molar-refractivity contribution in [1.29, 1.82) is 0 Å². The summed E-state index contributed by atoms with van der Waals surface area (Å²) in [5, 5.41) is 1.70. The van der Waals surface area contributed by atoms with Crippen molar-refractivity contribution in [3.8, 4) is 23.0 Å². The summed E-state index contributed by atoms with van der Waals surface area (Å²) in [6, 6.07) is 10.3. The number of hydrogen-bond acceptors (Lipinski definition) is 7. The Balaban J connectivity index is 1.86. The molecule has 0 amide bonds. The first-order chi connectivity index (χ1) is 25.8. The van der Waals surface area contributed by atoms with E-state index in [-0.39, 0.29) is 35.2 Å². The largest absolute Gasteiger partial charge is 0.487 e. The lowest BCUT2D eigenvalue weighted by atomic mass is 10.3. The summed E-state index contributed by atoms with van der Waals surface area (Å²) >= 11 is 0. The van der Waals surface area contributed by atoms with Gasteiger partial charge in [-0.15, -0.1) is 0 Å². The molecule has 2 saturated carbocycles. The van der Waals surface area contributed by atoms with E-state index < -0.39 is 47.9 Å². The molecule has 4 rings (SSSR count). The molecule has 0 aliphatic heterocycles. The van der Waals surface area contributed by atoms with Gasteiger partial charge in [-0.3, -0.25) is 0 Å². The zero-order valence-electron chi connectivity index (χ0n) is 35.0. The van der Waals surface area contributed by atoms with Crippen LogP contribution < -0.4 is 29.3 Å². The van der Waals surface area contributed by atoms with Crippen LogP contribution in [0.2, 0.25) is 33.2 Å². The molecule has 2 fully saturated rings. The van der Waals surface area contributed by atoms with Crippen molar-refractivity contribution in [1.82, 2.24) is 0 Å². The summed E-state index contributed by atoms with van der Waals surface area (Å²) in [5.74, 6) is 0.528. The number of alkyl halides is 4. The molecule has 7 nitrogen and oxygen atoms in total. The standard InChI is InChI=1S/C40H66F4O7Si4/c1-25(2)54(26(3)4,27(5)6)45-23-52(33-17-19-35(49-39(41)42)37(21-33)47-31-13-14-31)51-53(24-46-55(28(7)8,29(9)10)30(11)12)34-18-20-36(50-40(43)44)38(22-34)48-32-15-16-32/h17-22,25-32,39-40,52-53H,13-16,23-24H2,1-12H3.